The number of nitrogens with one attached hydrogen (secondary N) is 1. The number of hydrogen-bond donors (Lipinski definition) is 1. The minimum absolute atomic E-state index is 0.210. The molecule has 0 radical (unpaired) electrons. The number of para-hydroxylation sites is 2. The molecule has 8 nitrogen and oxygen atoms in total. The topological polar surface area (TPSA) is 78.5 Å². The molecule has 0 amide bonds. The van der Waals surface area contributed by atoms with Crippen molar-refractivity contribution in [2.24, 2.45) is 0 Å². The van der Waals surface area contributed by atoms with Gasteiger partial charge in [0.05, 0.1) is 45.7 Å². The molecule has 0 unspecified atom stereocenters. The quantitative estimate of drug-likeness (QED) is 0.329. The third kappa shape index (κ3) is 5.72. The summed E-state index contributed by atoms with van der Waals surface area (Å²) >= 11 is 5.87. The van der Waals surface area contributed by atoms with Crippen LogP contribution in [0.5, 0.6) is 23.0 Å². The number of benzene rings is 3. The predicted octanol–water partition coefficient (Wildman–Crippen LogP) is 4.87. The number of carbonyl (C=O) groups excluding carboxylic acids is 1. The number of hydrogen-bond acceptors (Lipinski definition) is 7. The van der Waals surface area contributed by atoms with E-state index in [1.165, 1.54) is 7.11 Å². The zero-order chi connectivity index (χ0) is 26.4. The third-order valence-electron chi connectivity index (χ3n) is 6.30. The third-order valence-corrected chi connectivity index (χ3v) is 6.63. The van der Waals surface area contributed by atoms with Gasteiger partial charge >= 0.3 is 5.97 Å². The zero-order valence-electron chi connectivity index (χ0n) is 21.3. The Labute approximate surface area is 222 Å². The average Bonchev–Trinajstić information content (AvgIpc) is 2.94. The average molecular weight is 523 g/mol. The van der Waals surface area contributed by atoms with Crippen molar-refractivity contribution in [3.05, 3.63) is 77.4 Å². The molecule has 0 saturated carbocycles. The number of thiocarbonyl (C=S) groups is 1. The van der Waals surface area contributed by atoms with Crippen LogP contribution < -0.4 is 24.3 Å². The van der Waals surface area contributed by atoms with Gasteiger partial charge in [-0.15, -0.1) is 0 Å². The smallest absolute Gasteiger partial charge is 0.337 e. The Morgan fingerprint density at radius 1 is 0.946 bits per heavy atom. The van der Waals surface area contributed by atoms with Crippen molar-refractivity contribution in [3.8, 4) is 23.0 Å². The molecule has 1 heterocycles. The lowest BCUT2D eigenvalue weighted by molar-refractivity contribution is 0.0600. The fourth-order valence-corrected chi connectivity index (χ4v) is 4.69. The molecule has 1 N–H and O–H groups in total. The molecule has 0 aromatic heterocycles. The maximum absolute atomic E-state index is 11.8. The molecule has 4 rings (SSSR count). The van der Waals surface area contributed by atoms with Crippen molar-refractivity contribution in [2.75, 3.05) is 46.9 Å². The highest BCUT2D eigenvalue weighted by molar-refractivity contribution is 7.80. The van der Waals surface area contributed by atoms with Gasteiger partial charge in [-0.2, -0.15) is 0 Å². The second kappa shape index (κ2) is 11.8. The fourth-order valence-electron chi connectivity index (χ4n) is 4.37. The summed E-state index contributed by atoms with van der Waals surface area (Å²) in [5.41, 5.74) is 3.42. The first kappa shape index (κ1) is 26.1. The van der Waals surface area contributed by atoms with E-state index in [0.29, 0.717) is 46.8 Å². The van der Waals surface area contributed by atoms with E-state index in [1.807, 2.05) is 36.4 Å². The summed E-state index contributed by atoms with van der Waals surface area (Å²) in [5, 5.41) is 3.89. The van der Waals surface area contributed by atoms with Crippen molar-refractivity contribution in [3.63, 3.8) is 0 Å². The molecule has 3 aromatic rings. The van der Waals surface area contributed by atoms with Gasteiger partial charge in [-0.3, -0.25) is 0 Å². The molecule has 1 aliphatic heterocycles. The molecule has 37 heavy (non-hydrogen) atoms. The van der Waals surface area contributed by atoms with Crippen LogP contribution in [0.2, 0.25) is 0 Å². The van der Waals surface area contributed by atoms with E-state index >= 15 is 0 Å². The van der Waals surface area contributed by atoms with Crippen LogP contribution in [0.3, 0.4) is 0 Å². The summed E-state index contributed by atoms with van der Waals surface area (Å²) in [4.78, 5) is 13.9. The number of rotatable bonds is 8. The number of fused-ring (bicyclic) bond motifs is 1. The molecule has 0 bridgehead atoms. The number of carbonyl (C=O) groups is 1. The van der Waals surface area contributed by atoms with Crippen LogP contribution in [0.4, 0.5) is 5.69 Å². The molecule has 9 heteroatoms. The Bertz CT molecular complexity index is 1260. The maximum Gasteiger partial charge on any atom is 0.337 e. The van der Waals surface area contributed by atoms with Crippen molar-refractivity contribution in [2.45, 2.75) is 12.5 Å². The summed E-state index contributed by atoms with van der Waals surface area (Å²) in [7, 11) is 6.23. The second-order valence-corrected chi connectivity index (χ2v) is 8.71. The van der Waals surface area contributed by atoms with Crippen LogP contribution in [0, 0.1) is 0 Å². The highest BCUT2D eigenvalue weighted by Gasteiger charge is 2.32. The lowest BCUT2D eigenvalue weighted by Gasteiger charge is -2.39. The number of methoxy groups -OCH3 is 4. The van der Waals surface area contributed by atoms with Crippen molar-refractivity contribution >= 4 is 29.0 Å². The fraction of sp³-hybridized carbons (Fsp3) is 0.286. The van der Waals surface area contributed by atoms with Crippen molar-refractivity contribution in [1.29, 1.82) is 0 Å². The Morgan fingerprint density at radius 3 is 2.30 bits per heavy atom. The molecule has 0 spiro atoms. The Hall–Kier alpha value is -3.98. The maximum atomic E-state index is 11.8. The Morgan fingerprint density at radius 2 is 1.62 bits per heavy atom. The van der Waals surface area contributed by atoms with Crippen LogP contribution in [0.1, 0.15) is 27.5 Å². The van der Waals surface area contributed by atoms with Gasteiger partial charge in [0.15, 0.2) is 16.6 Å². The highest BCUT2D eigenvalue weighted by atomic mass is 32.1. The van der Waals surface area contributed by atoms with Gasteiger partial charge in [0.25, 0.3) is 0 Å². The van der Waals surface area contributed by atoms with Crippen LogP contribution >= 0.6 is 12.2 Å². The van der Waals surface area contributed by atoms with Gasteiger partial charge in [-0.1, -0.05) is 12.1 Å². The van der Waals surface area contributed by atoms with E-state index in [-0.39, 0.29) is 6.04 Å². The zero-order valence-corrected chi connectivity index (χ0v) is 22.1. The van der Waals surface area contributed by atoms with E-state index in [4.69, 9.17) is 35.9 Å². The normalized spacial score (nSPS) is 14.3. The largest absolute Gasteiger partial charge is 0.495 e. The minimum Gasteiger partial charge on any atom is -0.495 e. The van der Waals surface area contributed by atoms with E-state index in [9.17, 15) is 4.79 Å². The number of anilines is 1. The number of esters is 1. The van der Waals surface area contributed by atoms with Crippen LogP contribution in [-0.2, 0) is 11.2 Å². The molecule has 1 aliphatic rings. The van der Waals surface area contributed by atoms with Crippen LogP contribution in [-0.4, -0.2) is 57.6 Å². The lowest BCUT2D eigenvalue weighted by atomic mass is 9.92. The molecule has 0 aliphatic carbocycles. The predicted molar refractivity (Wildman–Crippen MR) is 145 cm³/mol. The first-order chi connectivity index (χ1) is 18.0. The first-order valence-corrected chi connectivity index (χ1v) is 12.2. The molecule has 0 fully saturated rings. The minimum atomic E-state index is -0.396. The van der Waals surface area contributed by atoms with E-state index in [0.717, 1.165) is 23.2 Å². The summed E-state index contributed by atoms with van der Waals surface area (Å²) in [6.07, 6.45) is 0.772. The highest BCUT2D eigenvalue weighted by Crippen LogP contribution is 2.39. The summed E-state index contributed by atoms with van der Waals surface area (Å²) < 4.78 is 27.6. The summed E-state index contributed by atoms with van der Waals surface area (Å²) in [6.45, 7) is 0.993. The second-order valence-electron chi connectivity index (χ2n) is 8.32. The summed E-state index contributed by atoms with van der Waals surface area (Å²) in [6, 6.07) is 18.3. The Balaban J connectivity index is 1.63. The van der Waals surface area contributed by atoms with Gasteiger partial charge in [0, 0.05) is 6.54 Å². The molecular formula is C28H30N2O6S. The van der Waals surface area contributed by atoms with Gasteiger partial charge in [0.1, 0.15) is 18.1 Å². The van der Waals surface area contributed by atoms with E-state index in [2.05, 4.69) is 10.2 Å². The van der Waals surface area contributed by atoms with Gasteiger partial charge in [-0.25, -0.2) is 4.79 Å². The van der Waals surface area contributed by atoms with Gasteiger partial charge in [-0.05, 0) is 78.3 Å². The van der Waals surface area contributed by atoms with E-state index in [1.54, 1.807) is 45.6 Å². The number of ether oxygens (including phenoxy) is 5. The molecule has 3 aromatic carbocycles. The molecular weight excluding hydrogens is 492 g/mol. The van der Waals surface area contributed by atoms with Gasteiger partial charge < -0.3 is 33.9 Å². The summed E-state index contributed by atoms with van der Waals surface area (Å²) in [5.74, 6) is 2.25. The van der Waals surface area contributed by atoms with E-state index < -0.39 is 5.97 Å². The molecule has 1 atom stereocenters. The van der Waals surface area contributed by atoms with Gasteiger partial charge in [0.2, 0.25) is 0 Å². The first-order valence-electron chi connectivity index (χ1n) is 11.8. The number of nitrogens with zero attached hydrogens (tertiary/aromatic N) is 1. The Kier molecular flexibility index (Phi) is 8.35. The van der Waals surface area contributed by atoms with Crippen molar-refractivity contribution < 1.29 is 28.5 Å². The van der Waals surface area contributed by atoms with Crippen LogP contribution in [0.25, 0.3) is 0 Å². The van der Waals surface area contributed by atoms with Crippen molar-refractivity contribution in [1.82, 2.24) is 4.90 Å². The lowest BCUT2D eigenvalue weighted by Crippen LogP contribution is -2.44. The monoisotopic (exact) mass is 522 g/mol. The molecule has 194 valence electrons. The SMILES string of the molecule is COC(=O)c1ccc(OC[C@@H]2c3cc(OC)c(OC)cc3CCN2C(=S)Nc2ccccc2OC)cc1. The molecule has 0 saturated heterocycles. The van der Waals surface area contributed by atoms with Crippen LogP contribution in [0.15, 0.2) is 60.7 Å². The standard InChI is InChI=1S/C28H30N2O6S/c1-32-24-8-6-5-7-22(24)29-28(37)30-14-13-19-15-25(33-2)26(34-3)16-21(19)23(30)17-36-20-11-9-18(10-12-20)27(31)35-4/h5-12,15-16,23H,13-14,17H2,1-4H3,(H,29,37)/t23-/m1/s1.